The molecule has 1 aliphatic carbocycles. The first-order chi connectivity index (χ1) is 13.7. The van der Waals surface area contributed by atoms with Gasteiger partial charge in [0.05, 0.1) is 18.9 Å². The number of guanidine groups is 1. The number of benzene rings is 2. The fourth-order valence-corrected chi connectivity index (χ4v) is 4.34. The quantitative estimate of drug-likeness (QED) is 0.843. The maximum absolute atomic E-state index is 13.6. The zero-order chi connectivity index (χ0) is 19.1. The van der Waals surface area contributed by atoms with Crippen LogP contribution in [-0.2, 0) is 11.2 Å². The number of halogens is 1. The molecule has 0 amide bonds. The van der Waals surface area contributed by atoms with Crippen LogP contribution in [0.5, 0.6) is 0 Å². The minimum Gasteiger partial charge on any atom is -0.378 e. The Morgan fingerprint density at radius 1 is 1.07 bits per heavy atom. The summed E-state index contributed by atoms with van der Waals surface area (Å²) in [6, 6.07) is 13.4. The summed E-state index contributed by atoms with van der Waals surface area (Å²) in [5.74, 6) is 0.202. The Hall–Kier alpha value is -2.86. The molecule has 0 spiro atoms. The molecule has 3 N–H and O–H groups in total. The van der Waals surface area contributed by atoms with Crippen molar-refractivity contribution in [3.8, 4) is 0 Å². The Morgan fingerprint density at radius 3 is 2.64 bits per heavy atom. The molecular weight excluding hydrogens is 355 g/mol. The SMILES string of the molecule is NC1=NC(c2ccc(N3CCOCC3)cc2)C2=C(N1)c1ccc(F)cc1CC2. The van der Waals surface area contributed by atoms with Gasteiger partial charge in [-0.05, 0) is 59.9 Å². The number of ether oxygens (including phenoxy) is 1. The third-order valence-corrected chi connectivity index (χ3v) is 5.76. The van der Waals surface area contributed by atoms with Gasteiger partial charge in [0, 0.05) is 24.3 Å². The molecule has 5 rings (SSSR count). The third kappa shape index (κ3) is 3.03. The van der Waals surface area contributed by atoms with E-state index in [9.17, 15) is 4.39 Å². The second kappa shape index (κ2) is 6.95. The molecule has 28 heavy (non-hydrogen) atoms. The molecule has 2 aromatic rings. The number of nitrogens with one attached hydrogen (secondary N) is 1. The van der Waals surface area contributed by atoms with Gasteiger partial charge in [0.1, 0.15) is 11.9 Å². The molecule has 5 nitrogen and oxygen atoms in total. The van der Waals surface area contributed by atoms with Crippen LogP contribution in [0, 0.1) is 5.82 Å². The third-order valence-electron chi connectivity index (χ3n) is 5.76. The Kier molecular flexibility index (Phi) is 4.28. The van der Waals surface area contributed by atoms with Crippen LogP contribution in [0.1, 0.15) is 29.2 Å². The molecule has 1 unspecified atom stereocenters. The number of nitrogens with two attached hydrogens (primary N) is 1. The van der Waals surface area contributed by atoms with Gasteiger partial charge in [0.25, 0.3) is 0 Å². The van der Waals surface area contributed by atoms with Crippen LogP contribution in [0.2, 0.25) is 0 Å². The number of anilines is 1. The average Bonchev–Trinajstić information content (AvgIpc) is 2.73. The summed E-state index contributed by atoms with van der Waals surface area (Å²) in [6.07, 6.45) is 1.65. The van der Waals surface area contributed by atoms with E-state index in [1.807, 2.05) is 6.07 Å². The predicted molar refractivity (Wildman–Crippen MR) is 109 cm³/mol. The van der Waals surface area contributed by atoms with Crippen LogP contribution in [0.4, 0.5) is 10.1 Å². The van der Waals surface area contributed by atoms with E-state index >= 15 is 0 Å². The smallest absolute Gasteiger partial charge is 0.194 e. The number of aliphatic imine (C=N–C) groups is 1. The van der Waals surface area contributed by atoms with Gasteiger partial charge < -0.3 is 20.7 Å². The van der Waals surface area contributed by atoms with Gasteiger partial charge in [-0.1, -0.05) is 12.1 Å². The van der Waals surface area contributed by atoms with Crippen LogP contribution in [0.25, 0.3) is 5.70 Å². The summed E-state index contributed by atoms with van der Waals surface area (Å²) in [5, 5.41) is 3.22. The monoisotopic (exact) mass is 378 g/mol. The van der Waals surface area contributed by atoms with Crippen molar-refractivity contribution in [3.05, 3.63) is 70.5 Å². The highest BCUT2D eigenvalue weighted by Crippen LogP contribution is 2.41. The molecule has 144 valence electrons. The van der Waals surface area contributed by atoms with Gasteiger partial charge in [-0.3, -0.25) is 0 Å². The topological polar surface area (TPSA) is 62.9 Å². The first-order valence-corrected chi connectivity index (χ1v) is 9.74. The number of rotatable bonds is 2. The molecule has 0 bridgehead atoms. The molecule has 6 heteroatoms. The summed E-state index contributed by atoms with van der Waals surface area (Å²) in [4.78, 5) is 7.02. The summed E-state index contributed by atoms with van der Waals surface area (Å²) >= 11 is 0. The van der Waals surface area contributed by atoms with Crippen LogP contribution < -0.4 is 16.0 Å². The molecule has 2 aliphatic heterocycles. The average molecular weight is 378 g/mol. The van der Waals surface area contributed by atoms with Crippen molar-refractivity contribution in [2.75, 3.05) is 31.2 Å². The lowest BCUT2D eigenvalue weighted by Crippen LogP contribution is -2.37. The van der Waals surface area contributed by atoms with Crippen LogP contribution in [-0.4, -0.2) is 32.3 Å². The second-order valence-electron chi connectivity index (χ2n) is 7.43. The number of nitrogens with zero attached hydrogens (tertiary/aromatic N) is 2. The summed E-state index contributed by atoms with van der Waals surface area (Å²) in [5.41, 5.74) is 12.7. The van der Waals surface area contributed by atoms with E-state index in [2.05, 4.69) is 39.5 Å². The van der Waals surface area contributed by atoms with Gasteiger partial charge in [-0.15, -0.1) is 0 Å². The first kappa shape index (κ1) is 17.3. The maximum Gasteiger partial charge on any atom is 0.194 e. The molecule has 2 heterocycles. The standard InChI is InChI=1S/C22H23FN4O/c23-16-4-8-18-15(13-16)3-7-19-20(25-22(24)26-21(18)19)14-1-5-17(6-2-14)27-9-11-28-12-10-27/h1-2,4-6,8,13,20H,3,7,9-12H2,(H3,24,25,26). The van der Waals surface area contributed by atoms with Crippen molar-refractivity contribution in [2.24, 2.45) is 10.7 Å². The largest absolute Gasteiger partial charge is 0.378 e. The fourth-order valence-electron chi connectivity index (χ4n) is 4.34. The summed E-state index contributed by atoms with van der Waals surface area (Å²) in [7, 11) is 0. The molecular formula is C22H23FN4O. The minimum atomic E-state index is -0.199. The van der Waals surface area contributed by atoms with E-state index in [0.29, 0.717) is 5.96 Å². The number of aryl methyl sites for hydroxylation is 1. The number of hydrogen-bond donors (Lipinski definition) is 2. The predicted octanol–water partition coefficient (Wildman–Crippen LogP) is 2.98. The highest BCUT2D eigenvalue weighted by Gasteiger charge is 2.30. The van der Waals surface area contributed by atoms with Crippen molar-refractivity contribution in [1.29, 1.82) is 0 Å². The fraction of sp³-hybridized carbons (Fsp3) is 0.318. The van der Waals surface area contributed by atoms with Crippen LogP contribution >= 0.6 is 0 Å². The van der Waals surface area contributed by atoms with E-state index in [0.717, 1.165) is 61.5 Å². The van der Waals surface area contributed by atoms with Crippen molar-refractivity contribution in [3.63, 3.8) is 0 Å². The molecule has 2 aromatic carbocycles. The van der Waals surface area contributed by atoms with E-state index in [1.54, 1.807) is 6.07 Å². The van der Waals surface area contributed by atoms with Gasteiger partial charge in [0.15, 0.2) is 5.96 Å². The van der Waals surface area contributed by atoms with Gasteiger partial charge >= 0.3 is 0 Å². The van der Waals surface area contributed by atoms with Crippen molar-refractivity contribution >= 4 is 17.3 Å². The number of hydrogen-bond acceptors (Lipinski definition) is 5. The van der Waals surface area contributed by atoms with Gasteiger partial charge in [-0.25, -0.2) is 9.38 Å². The van der Waals surface area contributed by atoms with Crippen molar-refractivity contribution < 1.29 is 9.13 Å². The zero-order valence-electron chi connectivity index (χ0n) is 15.6. The minimum absolute atomic E-state index is 0.104. The van der Waals surface area contributed by atoms with Gasteiger partial charge in [-0.2, -0.15) is 0 Å². The normalized spacial score (nSPS) is 21.5. The molecule has 0 saturated carbocycles. The Labute approximate surface area is 163 Å². The summed E-state index contributed by atoms with van der Waals surface area (Å²) in [6.45, 7) is 3.38. The van der Waals surface area contributed by atoms with E-state index < -0.39 is 0 Å². The lowest BCUT2D eigenvalue weighted by molar-refractivity contribution is 0.122. The molecule has 0 radical (unpaired) electrons. The molecule has 3 aliphatic rings. The van der Waals surface area contributed by atoms with Crippen molar-refractivity contribution in [2.45, 2.75) is 18.9 Å². The molecule has 0 aromatic heterocycles. The maximum atomic E-state index is 13.6. The molecule has 1 saturated heterocycles. The number of morpholine rings is 1. The van der Waals surface area contributed by atoms with E-state index in [-0.39, 0.29) is 11.9 Å². The highest BCUT2D eigenvalue weighted by molar-refractivity contribution is 5.92. The van der Waals surface area contributed by atoms with E-state index in [4.69, 9.17) is 10.5 Å². The van der Waals surface area contributed by atoms with Gasteiger partial charge in [0.2, 0.25) is 0 Å². The van der Waals surface area contributed by atoms with Crippen LogP contribution in [0.3, 0.4) is 0 Å². The van der Waals surface area contributed by atoms with Crippen LogP contribution in [0.15, 0.2) is 53.0 Å². The van der Waals surface area contributed by atoms with E-state index in [1.165, 1.54) is 17.3 Å². The highest BCUT2D eigenvalue weighted by atomic mass is 19.1. The first-order valence-electron chi connectivity index (χ1n) is 9.74. The number of fused-ring (bicyclic) bond motifs is 2. The lowest BCUT2D eigenvalue weighted by atomic mass is 9.83. The zero-order valence-corrected chi connectivity index (χ0v) is 15.6. The second-order valence-corrected chi connectivity index (χ2v) is 7.43. The summed E-state index contributed by atoms with van der Waals surface area (Å²) < 4.78 is 19.1. The molecule has 1 atom stereocenters. The Balaban J connectivity index is 1.49. The molecule has 1 fully saturated rings. The Bertz CT molecular complexity index is 961. The Morgan fingerprint density at radius 2 is 1.86 bits per heavy atom. The lowest BCUT2D eigenvalue weighted by Gasteiger charge is -2.32. The van der Waals surface area contributed by atoms with Crippen molar-refractivity contribution in [1.82, 2.24) is 5.32 Å².